The molecule has 0 saturated heterocycles. The van der Waals surface area contributed by atoms with E-state index in [4.69, 9.17) is 58.0 Å². The van der Waals surface area contributed by atoms with E-state index < -0.39 is 33.8 Å². The van der Waals surface area contributed by atoms with E-state index in [1.165, 1.54) is 36.4 Å². The molecule has 0 spiro atoms. The summed E-state index contributed by atoms with van der Waals surface area (Å²) in [4.78, 5) is 29.6. The van der Waals surface area contributed by atoms with Crippen molar-refractivity contribution in [1.82, 2.24) is 4.98 Å². The minimum absolute atomic E-state index is 0.0644. The van der Waals surface area contributed by atoms with Gasteiger partial charge in [-0.1, -0.05) is 34.8 Å². The van der Waals surface area contributed by atoms with Crippen LogP contribution in [-0.4, -0.2) is 21.1 Å². The second kappa shape index (κ2) is 9.28. The number of pyridine rings is 1. The van der Waals surface area contributed by atoms with E-state index in [-0.39, 0.29) is 16.5 Å². The Bertz CT molecular complexity index is 1230. The van der Waals surface area contributed by atoms with Gasteiger partial charge in [-0.2, -0.15) is 0 Å². The lowest BCUT2D eigenvalue weighted by molar-refractivity contribution is -0.117. The summed E-state index contributed by atoms with van der Waals surface area (Å²) in [7, 11) is 0. The van der Waals surface area contributed by atoms with Gasteiger partial charge >= 0.3 is 0 Å². The van der Waals surface area contributed by atoms with E-state index in [1.54, 1.807) is 18.2 Å². The highest BCUT2D eigenvalue weighted by molar-refractivity contribution is 6.53. The molecule has 0 aliphatic heterocycles. The molecule has 1 aliphatic rings. The van der Waals surface area contributed by atoms with Crippen LogP contribution in [0.4, 0.5) is 15.9 Å². The monoisotopic (exact) mass is 545 g/mol. The number of alkyl halides is 2. The zero-order valence-electron chi connectivity index (χ0n) is 16.4. The number of carbonyl (C=O) groups excluding carboxylic acids is 2. The Morgan fingerprint density at radius 2 is 1.55 bits per heavy atom. The fourth-order valence-corrected chi connectivity index (χ4v) is 4.98. The van der Waals surface area contributed by atoms with Gasteiger partial charge < -0.3 is 10.6 Å². The van der Waals surface area contributed by atoms with Gasteiger partial charge in [0.2, 0.25) is 5.91 Å². The number of benzene rings is 2. The summed E-state index contributed by atoms with van der Waals surface area (Å²) in [6.45, 7) is 0. The zero-order chi connectivity index (χ0) is 23.9. The number of aromatic nitrogens is 1. The lowest BCUT2D eigenvalue weighted by atomic mass is 10.1. The van der Waals surface area contributed by atoms with Crippen LogP contribution in [0.25, 0.3) is 0 Å². The summed E-state index contributed by atoms with van der Waals surface area (Å²) in [6.07, 6.45) is 0. The van der Waals surface area contributed by atoms with Crippen molar-refractivity contribution in [3.63, 3.8) is 0 Å². The lowest BCUT2D eigenvalue weighted by Crippen LogP contribution is -2.20. The molecule has 1 aliphatic carbocycles. The number of halogens is 6. The van der Waals surface area contributed by atoms with Gasteiger partial charge in [0.05, 0.1) is 10.9 Å². The highest BCUT2D eigenvalue weighted by atomic mass is 35.5. The van der Waals surface area contributed by atoms with Crippen LogP contribution < -0.4 is 10.6 Å². The topological polar surface area (TPSA) is 71.1 Å². The number of rotatable bonds is 5. The molecule has 11 heteroatoms. The predicted octanol–water partition coefficient (Wildman–Crippen LogP) is 6.96. The Kier molecular flexibility index (Phi) is 6.76. The van der Waals surface area contributed by atoms with Crippen LogP contribution in [0.2, 0.25) is 15.1 Å². The van der Waals surface area contributed by atoms with Crippen LogP contribution in [0, 0.1) is 11.7 Å². The van der Waals surface area contributed by atoms with E-state index in [9.17, 15) is 14.0 Å². The molecule has 1 fully saturated rings. The minimum Gasteiger partial charge on any atom is -0.321 e. The first-order valence-electron chi connectivity index (χ1n) is 9.44. The molecular weight excluding hydrogens is 535 g/mol. The largest absolute Gasteiger partial charge is 0.321 e. The van der Waals surface area contributed by atoms with Crippen LogP contribution in [0.5, 0.6) is 0 Å². The summed E-state index contributed by atoms with van der Waals surface area (Å²) in [5.41, 5.74) is 0.848. The molecule has 170 valence electrons. The van der Waals surface area contributed by atoms with Crippen LogP contribution in [-0.2, 0) is 4.79 Å². The number of amides is 2. The van der Waals surface area contributed by atoms with E-state index >= 15 is 0 Å². The molecule has 2 atom stereocenters. The quantitative estimate of drug-likeness (QED) is 0.339. The molecule has 4 rings (SSSR count). The van der Waals surface area contributed by atoms with Crippen LogP contribution in [0.3, 0.4) is 0 Å². The van der Waals surface area contributed by atoms with Gasteiger partial charge in [-0.15, -0.1) is 23.2 Å². The highest BCUT2D eigenvalue weighted by Crippen LogP contribution is 2.65. The van der Waals surface area contributed by atoms with Crippen molar-refractivity contribution in [3.05, 3.63) is 86.7 Å². The first-order chi connectivity index (χ1) is 15.6. The summed E-state index contributed by atoms with van der Waals surface area (Å²) in [5.74, 6) is -2.84. The minimum atomic E-state index is -1.37. The number of anilines is 2. The smallest absolute Gasteiger partial charge is 0.275 e. The van der Waals surface area contributed by atoms with Gasteiger partial charge in [0, 0.05) is 21.7 Å². The average molecular weight is 548 g/mol. The maximum atomic E-state index is 13.1. The molecule has 1 heterocycles. The summed E-state index contributed by atoms with van der Waals surface area (Å²) in [5, 5.41) is 6.02. The fourth-order valence-electron chi connectivity index (χ4n) is 3.42. The molecule has 2 N–H and O–H groups in total. The first-order valence-corrected chi connectivity index (χ1v) is 11.3. The second-order valence-corrected chi connectivity index (χ2v) is 10.0. The third-order valence-corrected chi connectivity index (χ3v) is 6.68. The van der Waals surface area contributed by atoms with Crippen LogP contribution in [0.1, 0.15) is 22.0 Å². The van der Waals surface area contributed by atoms with Crippen molar-refractivity contribution in [2.45, 2.75) is 10.3 Å². The molecule has 5 nitrogen and oxygen atoms in total. The molecule has 0 bridgehead atoms. The van der Waals surface area contributed by atoms with Gasteiger partial charge in [0.1, 0.15) is 21.7 Å². The van der Waals surface area contributed by atoms with Gasteiger partial charge in [0.25, 0.3) is 5.91 Å². The number of nitrogens with zero attached hydrogens (tertiary/aromatic N) is 1. The number of hydrogen-bond acceptors (Lipinski definition) is 3. The zero-order valence-corrected chi connectivity index (χ0v) is 20.2. The SMILES string of the molecule is O=C(Nc1ccc(F)cc1)c1nc(NC(=O)[C@H]2[C@H](c3cc(Cl)cc(Cl)c3)C2(Cl)Cl)ccc1Cl. The third kappa shape index (κ3) is 5.20. The van der Waals surface area contributed by atoms with Crippen molar-refractivity contribution >= 4 is 81.3 Å². The van der Waals surface area contributed by atoms with Gasteiger partial charge in [-0.05, 0) is 60.2 Å². The van der Waals surface area contributed by atoms with Gasteiger partial charge in [0.15, 0.2) is 0 Å². The molecule has 1 saturated carbocycles. The standard InChI is InChI=1S/C22H13Cl5FN3O2/c23-11-7-10(8-12(24)9-11)17-18(22(17,26)27)20(32)31-16-6-5-15(25)19(30-16)21(33)29-14-3-1-13(28)2-4-14/h1-9,17-18H,(H,29,33)(H,30,31,32)/t17-,18+/m0/s1. The van der Waals surface area contributed by atoms with Gasteiger partial charge in [-0.3, -0.25) is 9.59 Å². The number of carbonyl (C=O) groups is 2. The third-order valence-electron chi connectivity index (χ3n) is 4.99. The molecule has 0 unspecified atom stereocenters. The summed E-state index contributed by atoms with van der Waals surface area (Å²) in [6, 6.07) is 12.9. The average Bonchev–Trinajstić information content (AvgIpc) is 3.32. The maximum absolute atomic E-state index is 13.1. The van der Waals surface area contributed by atoms with E-state index in [0.717, 1.165) is 0 Å². The Morgan fingerprint density at radius 3 is 2.18 bits per heavy atom. The lowest BCUT2D eigenvalue weighted by Gasteiger charge is -2.09. The Morgan fingerprint density at radius 1 is 0.909 bits per heavy atom. The molecule has 0 radical (unpaired) electrons. The Labute approximate surface area is 213 Å². The molecule has 2 aromatic carbocycles. The second-order valence-electron chi connectivity index (χ2n) is 7.31. The van der Waals surface area contributed by atoms with Crippen LogP contribution in [0.15, 0.2) is 54.6 Å². The number of hydrogen-bond donors (Lipinski definition) is 2. The van der Waals surface area contributed by atoms with Crippen LogP contribution >= 0.6 is 58.0 Å². The van der Waals surface area contributed by atoms with E-state index in [2.05, 4.69) is 15.6 Å². The molecule has 3 aromatic rings. The van der Waals surface area contributed by atoms with Crippen molar-refractivity contribution in [2.24, 2.45) is 5.92 Å². The van der Waals surface area contributed by atoms with Crippen molar-refractivity contribution in [3.8, 4) is 0 Å². The Hall–Kier alpha value is -2.09. The molecule has 33 heavy (non-hydrogen) atoms. The molecular formula is C22H13Cl5FN3O2. The fraction of sp³-hybridized carbons (Fsp3) is 0.136. The Balaban J connectivity index is 1.50. The predicted molar refractivity (Wildman–Crippen MR) is 129 cm³/mol. The molecule has 1 aromatic heterocycles. The van der Waals surface area contributed by atoms with Crippen molar-refractivity contribution in [2.75, 3.05) is 10.6 Å². The number of nitrogens with one attached hydrogen (secondary N) is 2. The summed E-state index contributed by atoms with van der Waals surface area (Å²) < 4.78 is 11.7. The van der Waals surface area contributed by atoms with Crippen molar-refractivity contribution in [1.29, 1.82) is 0 Å². The van der Waals surface area contributed by atoms with Crippen molar-refractivity contribution < 1.29 is 14.0 Å². The maximum Gasteiger partial charge on any atom is 0.275 e. The normalized spacial score (nSPS) is 18.5. The summed E-state index contributed by atoms with van der Waals surface area (Å²) >= 11 is 30.9. The van der Waals surface area contributed by atoms with E-state index in [1.807, 2.05) is 0 Å². The van der Waals surface area contributed by atoms with E-state index in [0.29, 0.717) is 21.3 Å². The van der Waals surface area contributed by atoms with Gasteiger partial charge in [-0.25, -0.2) is 9.37 Å². The highest BCUT2D eigenvalue weighted by Gasteiger charge is 2.67. The molecule has 2 amide bonds. The first kappa shape index (κ1) is 24.0.